The van der Waals surface area contributed by atoms with Crippen molar-refractivity contribution in [1.29, 1.82) is 0 Å². The minimum Gasteiger partial charge on any atom is -0.381 e. The highest BCUT2D eigenvalue weighted by Gasteiger charge is 2.30. The molecule has 0 saturated carbocycles. The van der Waals surface area contributed by atoms with Gasteiger partial charge >= 0.3 is 0 Å². The average Bonchev–Trinajstić information content (AvgIpc) is 3.18. The molecule has 29 heavy (non-hydrogen) atoms. The molecule has 0 spiro atoms. The second-order valence-electron chi connectivity index (χ2n) is 7.58. The number of hydrogen-bond donors (Lipinski definition) is 0. The molecular formula is C22H26N4O3. The molecule has 2 saturated heterocycles. The zero-order valence-corrected chi connectivity index (χ0v) is 16.7. The molecule has 0 radical (unpaired) electrons. The van der Waals surface area contributed by atoms with Crippen LogP contribution in [0.3, 0.4) is 0 Å². The van der Waals surface area contributed by atoms with Crippen LogP contribution in [-0.4, -0.2) is 71.0 Å². The molecule has 2 aliphatic heterocycles. The summed E-state index contributed by atoms with van der Waals surface area (Å²) in [5, 5.41) is 0. The van der Waals surface area contributed by atoms with Crippen LogP contribution in [0.25, 0.3) is 11.3 Å². The van der Waals surface area contributed by atoms with Gasteiger partial charge in [-0.3, -0.25) is 9.59 Å². The number of amides is 2. The molecule has 0 bridgehead atoms. The van der Waals surface area contributed by atoms with E-state index in [1.54, 1.807) is 6.20 Å². The molecule has 2 aliphatic rings. The van der Waals surface area contributed by atoms with Gasteiger partial charge in [-0.1, -0.05) is 30.3 Å². The Balaban J connectivity index is 1.51. The summed E-state index contributed by atoms with van der Waals surface area (Å²) in [6, 6.07) is 9.71. The molecule has 152 valence electrons. The number of carbonyl (C=O) groups is 2. The van der Waals surface area contributed by atoms with E-state index in [1.807, 2.05) is 47.1 Å². The predicted molar refractivity (Wildman–Crippen MR) is 108 cm³/mol. The predicted octanol–water partition coefficient (Wildman–Crippen LogP) is 2.16. The fourth-order valence-corrected chi connectivity index (χ4v) is 3.94. The van der Waals surface area contributed by atoms with Crippen LogP contribution in [0.4, 0.5) is 0 Å². The molecule has 1 aromatic carbocycles. The van der Waals surface area contributed by atoms with E-state index in [0.29, 0.717) is 56.5 Å². The Bertz CT molecular complexity index is 881. The maximum atomic E-state index is 13.3. The van der Waals surface area contributed by atoms with Crippen LogP contribution in [0, 0.1) is 12.8 Å². The Morgan fingerprint density at radius 2 is 1.83 bits per heavy atom. The van der Waals surface area contributed by atoms with Crippen LogP contribution < -0.4 is 0 Å². The maximum Gasteiger partial charge on any atom is 0.257 e. The van der Waals surface area contributed by atoms with Gasteiger partial charge in [-0.05, 0) is 19.8 Å². The Hall–Kier alpha value is -2.80. The lowest BCUT2D eigenvalue weighted by molar-refractivity contribution is -0.135. The van der Waals surface area contributed by atoms with Gasteiger partial charge in [-0.25, -0.2) is 9.97 Å². The number of hydrogen-bond acceptors (Lipinski definition) is 5. The number of aryl methyl sites for hydroxylation is 1. The van der Waals surface area contributed by atoms with Crippen LogP contribution in [0.15, 0.2) is 36.5 Å². The fourth-order valence-electron chi connectivity index (χ4n) is 3.94. The Morgan fingerprint density at radius 1 is 1.07 bits per heavy atom. The van der Waals surface area contributed by atoms with E-state index >= 15 is 0 Å². The van der Waals surface area contributed by atoms with Crippen molar-refractivity contribution >= 4 is 11.8 Å². The lowest BCUT2D eigenvalue weighted by Crippen LogP contribution is -2.40. The van der Waals surface area contributed by atoms with Crippen molar-refractivity contribution in [3.05, 3.63) is 47.9 Å². The molecule has 0 N–H and O–H groups in total. The molecule has 0 aliphatic carbocycles. The lowest BCUT2D eigenvalue weighted by atomic mass is 10.1. The van der Waals surface area contributed by atoms with Crippen molar-refractivity contribution in [1.82, 2.24) is 19.8 Å². The topological polar surface area (TPSA) is 75.6 Å². The molecule has 2 aromatic rings. The highest BCUT2D eigenvalue weighted by atomic mass is 16.5. The van der Waals surface area contributed by atoms with E-state index in [2.05, 4.69) is 9.97 Å². The van der Waals surface area contributed by atoms with Gasteiger partial charge in [-0.2, -0.15) is 0 Å². The summed E-state index contributed by atoms with van der Waals surface area (Å²) in [5.41, 5.74) is 2.06. The minimum atomic E-state index is -0.0812. The summed E-state index contributed by atoms with van der Waals surface area (Å²) < 4.78 is 5.36. The smallest absolute Gasteiger partial charge is 0.257 e. The van der Waals surface area contributed by atoms with E-state index < -0.39 is 0 Å². The van der Waals surface area contributed by atoms with Crippen molar-refractivity contribution in [3.63, 3.8) is 0 Å². The third-order valence-corrected chi connectivity index (χ3v) is 5.56. The standard InChI is InChI=1S/C22H26N4O3/c1-16-23-14-19(20(24-16)17-6-3-2-4-7-17)22(28)26-10-5-9-25(11-12-26)21(27)18-8-13-29-15-18/h2-4,6-7,14,18H,5,8-13,15H2,1H3. The number of carbonyl (C=O) groups excluding carboxylic acids is 2. The number of benzene rings is 1. The van der Waals surface area contributed by atoms with Crippen LogP contribution >= 0.6 is 0 Å². The molecule has 1 atom stereocenters. The summed E-state index contributed by atoms with van der Waals surface area (Å²) >= 11 is 0. The first-order chi connectivity index (χ1) is 14.1. The minimum absolute atomic E-state index is 0.0348. The second kappa shape index (κ2) is 8.69. The summed E-state index contributed by atoms with van der Waals surface area (Å²) in [6.07, 6.45) is 3.17. The highest BCUT2D eigenvalue weighted by Crippen LogP contribution is 2.23. The third-order valence-electron chi connectivity index (χ3n) is 5.56. The first-order valence-electron chi connectivity index (χ1n) is 10.2. The van der Waals surface area contributed by atoms with Gasteiger partial charge in [0.05, 0.1) is 23.8 Å². The van der Waals surface area contributed by atoms with E-state index in [-0.39, 0.29) is 17.7 Å². The van der Waals surface area contributed by atoms with Crippen LogP contribution in [0.5, 0.6) is 0 Å². The molecule has 7 heteroatoms. The normalized spacial score (nSPS) is 19.8. The molecule has 7 nitrogen and oxygen atoms in total. The third kappa shape index (κ3) is 4.29. The van der Waals surface area contributed by atoms with Gasteiger partial charge < -0.3 is 14.5 Å². The number of ether oxygens (including phenoxy) is 1. The van der Waals surface area contributed by atoms with Crippen molar-refractivity contribution in [2.75, 3.05) is 39.4 Å². The van der Waals surface area contributed by atoms with E-state index in [9.17, 15) is 9.59 Å². The van der Waals surface area contributed by atoms with Gasteiger partial charge in [0.25, 0.3) is 5.91 Å². The highest BCUT2D eigenvalue weighted by molar-refractivity contribution is 5.99. The lowest BCUT2D eigenvalue weighted by Gasteiger charge is -2.24. The van der Waals surface area contributed by atoms with Crippen molar-refractivity contribution in [3.8, 4) is 11.3 Å². The quantitative estimate of drug-likeness (QED) is 0.798. The molecular weight excluding hydrogens is 368 g/mol. The Morgan fingerprint density at radius 3 is 2.59 bits per heavy atom. The van der Waals surface area contributed by atoms with Gasteiger partial charge in [0.15, 0.2) is 0 Å². The maximum absolute atomic E-state index is 13.3. The van der Waals surface area contributed by atoms with Crippen molar-refractivity contribution in [2.45, 2.75) is 19.8 Å². The number of rotatable bonds is 3. The molecule has 2 amide bonds. The molecule has 1 aromatic heterocycles. The molecule has 1 unspecified atom stereocenters. The summed E-state index contributed by atoms with van der Waals surface area (Å²) in [6.45, 7) is 5.35. The molecule has 2 fully saturated rings. The summed E-state index contributed by atoms with van der Waals surface area (Å²) in [5.74, 6) is 0.669. The number of nitrogens with zero attached hydrogens (tertiary/aromatic N) is 4. The first-order valence-corrected chi connectivity index (χ1v) is 10.2. The SMILES string of the molecule is Cc1ncc(C(=O)N2CCCN(C(=O)C3CCOC3)CC2)c(-c2ccccc2)n1. The first kappa shape index (κ1) is 19.5. The average molecular weight is 394 g/mol. The largest absolute Gasteiger partial charge is 0.381 e. The molecule has 4 rings (SSSR count). The van der Waals surface area contributed by atoms with Gasteiger partial charge in [-0.15, -0.1) is 0 Å². The van der Waals surface area contributed by atoms with Crippen LogP contribution in [0.1, 0.15) is 29.0 Å². The zero-order chi connectivity index (χ0) is 20.2. The van der Waals surface area contributed by atoms with Crippen molar-refractivity contribution in [2.24, 2.45) is 5.92 Å². The van der Waals surface area contributed by atoms with E-state index in [1.165, 1.54) is 0 Å². The number of aromatic nitrogens is 2. The fraction of sp³-hybridized carbons (Fsp3) is 0.455. The Labute approximate surface area is 170 Å². The van der Waals surface area contributed by atoms with E-state index in [4.69, 9.17) is 4.74 Å². The second-order valence-corrected chi connectivity index (χ2v) is 7.58. The van der Waals surface area contributed by atoms with Gasteiger partial charge in [0.2, 0.25) is 5.91 Å². The zero-order valence-electron chi connectivity index (χ0n) is 16.7. The van der Waals surface area contributed by atoms with Gasteiger partial charge in [0.1, 0.15) is 5.82 Å². The van der Waals surface area contributed by atoms with E-state index in [0.717, 1.165) is 18.4 Å². The van der Waals surface area contributed by atoms with Crippen LogP contribution in [0.2, 0.25) is 0 Å². The monoisotopic (exact) mass is 394 g/mol. The summed E-state index contributed by atoms with van der Waals surface area (Å²) in [4.78, 5) is 38.5. The van der Waals surface area contributed by atoms with Gasteiger partial charge in [0, 0.05) is 44.5 Å². The summed E-state index contributed by atoms with van der Waals surface area (Å²) in [7, 11) is 0. The molecule has 3 heterocycles. The Kier molecular flexibility index (Phi) is 5.85. The van der Waals surface area contributed by atoms with Crippen LogP contribution in [-0.2, 0) is 9.53 Å². The van der Waals surface area contributed by atoms with Crippen molar-refractivity contribution < 1.29 is 14.3 Å².